The van der Waals surface area contributed by atoms with E-state index in [0.717, 1.165) is 16.5 Å². The van der Waals surface area contributed by atoms with E-state index in [4.69, 9.17) is 14.2 Å². The van der Waals surface area contributed by atoms with Crippen LogP contribution in [0.2, 0.25) is 19.6 Å². The normalized spacial score (nSPS) is 12.2. The van der Waals surface area contributed by atoms with Crippen molar-refractivity contribution in [2.24, 2.45) is 0 Å². The first-order valence-electron chi connectivity index (χ1n) is 9.45. The number of nitrogens with one attached hydrogen (secondary N) is 1. The molecular weight excluding hydrogens is 374 g/mol. The van der Waals surface area contributed by atoms with E-state index < -0.39 is 13.7 Å². The number of ether oxygens (including phenoxy) is 3. The average Bonchev–Trinajstić information content (AvgIpc) is 2.94. The van der Waals surface area contributed by atoms with Gasteiger partial charge in [-0.15, -0.1) is 0 Å². The molecule has 0 spiro atoms. The minimum atomic E-state index is -1.65. The zero-order valence-corrected chi connectivity index (χ0v) is 18.9. The molecule has 6 nitrogen and oxygen atoms in total. The van der Waals surface area contributed by atoms with Gasteiger partial charge < -0.3 is 19.2 Å². The van der Waals surface area contributed by atoms with Crippen LogP contribution in [0.15, 0.2) is 18.2 Å². The van der Waals surface area contributed by atoms with E-state index in [1.807, 2.05) is 32.9 Å². The minimum Gasteiger partial charge on any atom is -0.465 e. The maximum Gasteiger partial charge on any atom is 0.337 e. The molecule has 1 aromatic carbocycles. The summed E-state index contributed by atoms with van der Waals surface area (Å²) in [7, 11) is -0.269. The van der Waals surface area contributed by atoms with Crippen LogP contribution in [-0.2, 0) is 25.4 Å². The quantitative estimate of drug-likeness (QED) is 0.434. The van der Waals surface area contributed by atoms with E-state index in [2.05, 4.69) is 24.6 Å². The van der Waals surface area contributed by atoms with Gasteiger partial charge in [0.15, 0.2) is 0 Å². The Morgan fingerprint density at radius 2 is 1.82 bits per heavy atom. The van der Waals surface area contributed by atoms with Crippen molar-refractivity contribution < 1.29 is 23.8 Å². The van der Waals surface area contributed by atoms with Crippen LogP contribution in [-0.4, -0.2) is 50.9 Å². The molecule has 0 radical (unpaired) electrons. The van der Waals surface area contributed by atoms with Crippen LogP contribution in [0.25, 0.3) is 10.9 Å². The maximum absolute atomic E-state index is 11.9. The number of H-pyrrole nitrogens is 1. The molecule has 1 heterocycles. The molecule has 0 amide bonds. The second-order valence-electron chi connectivity index (χ2n) is 8.87. The highest BCUT2D eigenvalue weighted by Gasteiger charge is 2.25. The van der Waals surface area contributed by atoms with Crippen molar-refractivity contribution in [3.8, 4) is 0 Å². The molecule has 154 valence electrons. The van der Waals surface area contributed by atoms with E-state index in [1.165, 1.54) is 12.4 Å². The van der Waals surface area contributed by atoms with Crippen LogP contribution in [0.1, 0.15) is 36.7 Å². The summed E-state index contributed by atoms with van der Waals surface area (Å²) in [5.74, 6) is -0.727. The molecule has 1 N–H and O–H groups in total. The third-order valence-electron chi connectivity index (χ3n) is 4.21. The van der Waals surface area contributed by atoms with Crippen LogP contribution < -0.4 is 5.32 Å². The molecule has 0 saturated heterocycles. The Balaban J connectivity index is 2.21. The van der Waals surface area contributed by atoms with Crippen LogP contribution in [0.4, 0.5) is 0 Å². The summed E-state index contributed by atoms with van der Waals surface area (Å²) in [6.45, 7) is 12.6. The van der Waals surface area contributed by atoms with E-state index in [-0.39, 0.29) is 18.5 Å². The number of methoxy groups -OCH3 is 1. The minimum absolute atomic E-state index is 0.0741. The van der Waals surface area contributed by atoms with Crippen LogP contribution in [0, 0.1) is 0 Å². The predicted molar refractivity (Wildman–Crippen MR) is 113 cm³/mol. The van der Waals surface area contributed by atoms with Gasteiger partial charge in [0.25, 0.3) is 0 Å². The molecule has 1 aromatic heterocycles. The van der Waals surface area contributed by atoms with E-state index in [9.17, 15) is 9.59 Å². The van der Waals surface area contributed by atoms with Crippen molar-refractivity contribution in [2.75, 3.05) is 20.3 Å². The Hall–Kier alpha value is -2.12. The molecule has 2 rings (SSSR count). The SMILES string of the molecule is COC(=O)c1ccc2[nH]c([Si](C)(C)C)c(CCOCC(=O)OC(C)(C)C)c2c1. The summed E-state index contributed by atoms with van der Waals surface area (Å²) in [5, 5.41) is 2.23. The summed E-state index contributed by atoms with van der Waals surface area (Å²) in [6, 6.07) is 5.54. The zero-order chi connectivity index (χ0) is 21.1. The number of carbonyl (C=O) groups excluding carboxylic acids is 2. The molecule has 0 saturated carbocycles. The lowest BCUT2D eigenvalue weighted by Crippen LogP contribution is -2.41. The Morgan fingerprint density at radius 1 is 1.14 bits per heavy atom. The number of hydrogen-bond acceptors (Lipinski definition) is 5. The number of aromatic amines is 1. The van der Waals surface area contributed by atoms with E-state index >= 15 is 0 Å². The van der Waals surface area contributed by atoms with Crippen LogP contribution >= 0.6 is 0 Å². The highest BCUT2D eigenvalue weighted by atomic mass is 28.3. The first kappa shape index (κ1) is 22.2. The number of fused-ring (bicyclic) bond motifs is 1. The molecule has 0 aliphatic carbocycles. The standard InChI is InChI=1S/C21H31NO5Si/c1-21(2,3)27-18(23)13-26-11-10-15-16-12-14(20(24)25-4)8-9-17(16)22-19(15)28(5,6)7/h8-9,12,22H,10-11,13H2,1-7H3. The van der Waals surface area contributed by atoms with E-state index in [0.29, 0.717) is 18.6 Å². The van der Waals surface area contributed by atoms with Crippen molar-refractivity contribution in [3.05, 3.63) is 29.3 Å². The lowest BCUT2D eigenvalue weighted by molar-refractivity contribution is -0.160. The summed E-state index contributed by atoms with van der Waals surface area (Å²) >= 11 is 0. The number of carbonyl (C=O) groups is 2. The van der Waals surface area contributed by atoms with Gasteiger partial charge in [-0.25, -0.2) is 9.59 Å². The highest BCUT2D eigenvalue weighted by molar-refractivity contribution is 6.88. The fourth-order valence-corrected chi connectivity index (χ4v) is 4.77. The first-order chi connectivity index (χ1) is 12.9. The third-order valence-corrected chi connectivity index (χ3v) is 6.14. The summed E-state index contributed by atoms with van der Waals surface area (Å²) in [6.07, 6.45) is 0.646. The van der Waals surface area contributed by atoms with E-state index in [1.54, 1.807) is 6.07 Å². The van der Waals surface area contributed by atoms with Gasteiger partial charge in [0.05, 0.1) is 27.4 Å². The molecule has 28 heavy (non-hydrogen) atoms. The molecule has 0 aliphatic heterocycles. The zero-order valence-electron chi connectivity index (χ0n) is 17.9. The fraction of sp³-hybridized carbons (Fsp3) is 0.524. The summed E-state index contributed by atoms with van der Waals surface area (Å²) in [4.78, 5) is 27.3. The van der Waals surface area contributed by atoms with Gasteiger partial charge in [0, 0.05) is 16.2 Å². The number of aromatic nitrogens is 1. The van der Waals surface area contributed by atoms with Crippen molar-refractivity contribution in [2.45, 2.75) is 52.4 Å². The van der Waals surface area contributed by atoms with Crippen LogP contribution in [0.5, 0.6) is 0 Å². The van der Waals surface area contributed by atoms with Gasteiger partial charge in [-0.1, -0.05) is 19.6 Å². The molecule has 0 bridgehead atoms. The lowest BCUT2D eigenvalue weighted by Gasteiger charge is -2.19. The Kier molecular flexibility index (Phi) is 6.72. The van der Waals surface area contributed by atoms with Gasteiger partial charge >= 0.3 is 11.9 Å². The molecule has 7 heteroatoms. The van der Waals surface area contributed by atoms with Crippen molar-refractivity contribution in [3.63, 3.8) is 0 Å². The van der Waals surface area contributed by atoms with Gasteiger partial charge in [-0.05, 0) is 51.0 Å². The van der Waals surface area contributed by atoms with Crippen molar-refractivity contribution in [1.29, 1.82) is 0 Å². The lowest BCUT2D eigenvalue weighted by atomic mass is 10.1. The van der Waals surface area contributed by atoms with Gasteiger partial charge in [-0.2, -0.15) is 0 Å². The Morgan fingerprint density at radius 3 is 2.39 bits per heavy atom. The number of benzene rings is 1. The highest BCUT2D eigenvalue weighted by Crippen LogP contribution is 2.22. The predicted octanol–water partition coefficient (Wildman–Crippen LogP) is 3.40. The molecular formula is C21H31NO5Si. The van der Waals surface area contributed by atoms with Gasteiger partial charge in [0.2, 0.25) is 0 Å². The van der Waals surface area contributed by atoms with Gasteiger partial charge in [-0.3, -0.25) is 0 Å². The van der Waals surface area contributed by atoms with Crippen molar-refractivity contribution in [1.82, 2.24) is 4.98 Å². The second-order valence-corrected chi connectivity index (χ2v) is 13.9. The smallest absolute Gasteiger partial charge is 0.337 e. The molecule has 0 aliphatic rings. The Labute approximate surface area is 167 Å². The molecule has 0 fully saturated rings. The van der Waals surface area contributed by atoms with Crippen LogP contribution in [0.3, 0.4) is 0 Å². The number of esters is 2. The second kappa shape index (κ2) is 8.49. The molecule has 0 atom stereocenters. The monoisotopic (exact) mass is 405 g/mol. The number of rotatable bonds is 7. The maximum atomic E-state index is 11.9. The third kappa shape index (κ3) is 5.69. The largest absolute Gasteiger partial charge is 0.465 e. The summed E-state index contributed by atoms with van der Waals surface area (Å²) in [5.41, 5.74) is 2.13. The van der Waals surface area contributed by atoms with Crippen molar-refractivity contribution >= 4 is 36.2 Å². The van der Waals surface area contributed by atoms with Gasteiger partial charge in [0.1, 0.15) is 12.2 Å². The topological polar surface area (TPSA) is 77.6 Å². The molecule has 0 unspecified atom stereocenters. The number of hydrogen-bond donors (Lipinski definition) is 1. The molecule has 2 aromatic rings. The first-order valence-corrected chi connectivity index (χ1v) is 13.0. The Bertz CT molecular complexity index is 858. The average molecular weight is 406 g/mol. The fourth-order valence-electron chi connectivity index (χ4n) is 3.09. The summed E-state index contributed by atoms with van der Waals surface area (Å²) < 4.78 is 15.7.